The third kappa shape index (κ3) is 4.72. The minimum absolute atomic E-state index is 0.0112. The third-order valence-corrected chi connectivity index (χ3v) is 3.80. The molecule has 0 bridgehead atoms. The molecule has 5 heteroatoms. The van der Waals surface area contributed by atoms with Crippen LogP contribution in [0.1, 0.15) is 22.3 Å². The van der Waals surface area contributed by atoms with Crippen LogP contribution in [0.15, 0.2) is 18.2 Å². The minimum atomic E-state index is 0.0112. The Morgan fingerprint density at radius 3 is 2.76 bits per heavy atom. The van der Waals surface area contributed by atoms with E-state index < -0.39 is 0 Å². The predicted molar refractivity (Wildman–Crippen MR) is 84.9 cm³/mol. The highest BCUT2D eigenvalue weighted by molar-refractivity contribution is 5.96. The Hall–Kier alpha value is -1.59. The molecule has 21 heavy (non-hydrogen) atoms. The van der Waals surface area contributed by atoms with Crippen molar-refractivity contribution in [1.29, 1.82) is 0 Å². The third-order valence-electron chi connectivity index (χ3n) is 3.80. The highest BCUT2D eigenvalue weighted by atomic mass is 16.5. The summed E-state index contributed by atoms with van der Waals surface area (Å²) in [5.74, 6) is 0.0112. The molecule has 1 amide bonds. The van der Waals surface area contributed by atoms with Crippen molar-refractivity contribution >= 4 is 11.6 Å². The zero-order valence-corrected chi connectivity index (χ0v) is 12.9. The number of rotatable bonds is 6. The van der Waals surface area contributed by atoms with Crippen LogP contribution in [-0.2, 0) is 4.74 Å². The Kier molecular flexibility index (Phi) is 6.02. The maximum atomic E-state index is 12.2. The number of anilines is 1. The van der Waals surface area contributed by atoms with Crippen LogP contribution in [0.25, 0.3) is 0 Å². The van der Waals surface area contributed by atoms with Crippen molar-refractivity contribution in [3.8, 4) is 0 Å². The second kappa shape index (κ2) is 8.00. The summed E-state index contributed by atoms with van der Waals surface area (Å²) in [5, 5.41) is 6.07. The number of carbonyl (C=O) groups excluding carboxylic acids is 1. The normalized spacial score (nSPS) is 15.7. The van der Waals surface area contributed by atoms with E-state index in [4.69, 9.17) is 4.74 Å². The van der Waals surface area contributed by atoms with Gasteiger partial charge < -0.3 is 15.4 Å². The maximum absolute atomic E-state index is 12.2. The van der Waals surface area contributed by atoms with Crippen LogP contribution < -0.4 is 10.6 Å². The first-order valence-corrected chi connectivity index (χ1v) is 7.57. The minimum Gasteiger partial charge on any atom is -0.388 e. The van der Waals surface area contributed by atoms with E-state index in [1.165, 1.54) is 0 Å². The summed E-state index contributed by atoms with van der Waals surface area (Å²) in [6.45, 7) is 7.33. The van der Waals surface area contributed by atoms with E-state index in [1.54, 1.807) is 0 Å². The zero-order valence-electron chi connectivity index (χ0n) is 12.9. The molecule has 1 aliphatic rings. The van der Waals surface area contributed by atoms with Crippen LogP contribution in [0.3, 0.4) is 0 Å². The monoisotopic (exact) mass is 291 g/mol. The summed E-state index contributed by atoms with van der Waals surface area (Å²) < 4.78 is 5.32. The van der Waals surface area contributed by atoms with Crippen molar-refractivity contribution in [2.75, 3.05) is 51.8 Å². The van der Waals surface area contributed by atoms with E-state index in [-0.39, 0.29) is 5.91 Å². The molecule has 0 saturated carbocycles. The second-order valence-corrected chi connectivity index (χ2v) is 5.34. The van der Waals surface area contributed by atoms with Crippen LogP contribution in [-0.4, -0.2) is 57.2 Å². The van der Waals surface area contributed by atoms with Gasteiger partial charge in [0.1, 0.15) is 0 Å². The summed E-state index contributed by atoms with van der Waals surface area (Å²) in [7, 11) is 1.88. The Balaban J connectivity index is 1.74. The van der Waals surface area contributed by atoms with Gasteiger partial charge in [-0.15, -0.1) is 0 Å². The molecule has 0 unspecified atom stereocenters. The van der Waals surface area contributed by atoms with Crippen LogP contribution in [0.5, 0.6) is 0 Å². The van der Waals surface area contributed by atoms with Gasteiger partial charge in [-0.05, 0) is 43.7 Å². The van der Waals surface area contributed by atoms with E-state index in [9.17, 15) is 4.79 Å². The van der Waals surface area contributed by atoms with Crippen LogP contribution in [0, 0.1) is 6.92 Å². The van der Waals surface area contributed by atoms with Gasteiger partial charge in [-0.1, -0.05) is 0 Å². The molecule has 1 fully saturated rings. The number of morpholine rings is 1. The smallest absolute Gasteiger partial charge is 0.251 e. The lowest BCUT2D eigenvalue weighted by atomic mass is 10.1. The van der Waals surface area contributed by atoms with E-state index >= 15 is 0 Å². The van der Waals surface area contributed by atoms with Gasteiger partial charge in [-0.25, -0.2) is 0 Å². The van der Waals surface area contributed by atoms with Crippen LogP contribution in [0.2, 0.25) is 0 Å². The summed E-state index contributed by atoms with van der Waals surface area (Å²) >= 11 is 0. The number of aryl methyl sites for hydroxylation is 1. The molecule has 2 N–H and O–H groups in total. The average molecular weight is 291 g/mol. The van der Waals surface area contributed by atoms with Gasteiger partial charge in [-0.2, -0.15) is 0 Å². The number of amides is 1. The molecule has 1 aromatic rings. The van der Waals surface area contributed by atoms with Crippen molar-refractivity contribution in [2.24, 2.45) is 0 Å². The van der Waals surface area contributed by atoms with E-state index in [0.717, 1.165) is 56.1 Å². The molecular weight excluding hydrogens is 266 g/mol. The van der Waals surface area contributed by atoms with Crippen molar-refractivity contribution in [2.45, 2.75) is 13.3 Å². The zero-order chi connectivity index (χ0) is 15.1. The van der Waals surface area contributed by atoms with Crippen molar-refractivity contribution in [3.05, 3.63) is 29.3 Å². The fourth-order valence-corrected chi connectivity index (χ4v) is 2.50. The molecule has 2 rings (SSSR count). The van der Waals surface area contributed by atoms with Gasteiger partial charge in [0.05, 0.1) is 13.2 Å². The Morgan fingerprint density at radius 2 is 2.10 bits per heavy atom. The highest BCUT2D eigenvalue weighted by Crippen LogP contribution is 2.14. The molecule has 0 spiro atoms. The number of nitrogens with zero attached hydrogens (tertiary/aromatic N) is 1. The topological polar surface area (TPSA) is 53.6 Å². The lowest BCUT2D eigenvalue weighted by Crippen LogP contribution is -2.38. The number of benzene rings is 1. The maximum Gasteiger partial charge on any atom is 0.251 e. The van der Waals surface area contributed by atoms with Gasteiger partial charge in [-0.3, -0.25) is 9.69 Å². The number of carbonyl (C=O) groups is 1. The fraction of sp³-hybridized carbons (Fsp3) is 0.562. The molecule has 0 atom stereocenters. The van der Waals surface area contributed by atoms with E-state index in [0.29, 0.717) is 6.54 Å². The van der Waals surface area contributed by atoms with Gasteiger partial charge >= 0.3 is 0 Å². The molecule has 0 aliphatic carbocycles. The van der Waals surface area contributed by atoms with E-state index in [2.05, 4.69) is 15.5 Å². The molecule has 5 nitrogen and oxygen atoms in total. The van der Waals surface area contributed by atoms with Crippen LogP contribution in [0.4, 0.5) is 5.69 Å². The largest absolute Gasteiger partial charge is 0.388 e. The SMILES string of the molecule is CNc1ccc(C(=O)NCCCN2CCOCC2)c(C)c1. The fourth-order valence-electron chi connectivity index (χ4n) is 2.50. The second-order valence-electron chi connectivity index (χ2n) is 5.34. The molecule has 1 aromatic carbocycles. The lowest BCUT2D eigenvalue weighted by molar-refractivity contribution is 0.0374. The standard InChI is InChI=1S/C16H25N3O2/c1-13-12-14(17-2)4-5-15(13)16(20)18-6-3-7-19-8-10-21-11-9-19/h4-5,12,17H,3,6-11H2,1-2H3,(H,18,20). The van der Waals surface area contributed by atoms with Crippen molar-refractivity contribution in [3.63, 3.8) is 0 Å². The molecule has 1 aliphatic heterocycles. The van der Waals surface area contributed by atoms with Gasteiger partial charge in [0.2, 0.25) is 0 Å². The molecular formula is C16H25N3O2. The Morgan fingerprint density at radius 1 is 1.33 bits per heavy atom. The Bertz CT molecular complexity index is 471. The summed E-state index contributed by atoms with van der Waals surface area (Å²) in [6, 6.07) is 5.79. The number of hydrogen-bond acceptors (Lipinski definition) is 4. The lowest BCUT2D eigenvalue weighted by Gasteiger charge is -2.26. The highest BCUT2D eigenvalue weighted by Gasteiger charge is 2.11. The summed E-state index contributed by atoms with van der Waals surface area (Å²) in [4.78, 5) is 14.5. The van der Waals surface area contributed by atoms with Crippen molar-refractivity contribution in [1.82, 2.24) is 10.2 Å². The first kappa shape index (κ1) is 15.8. The quantitative estimate of drug-likeness (QED) is 0.780. The number of nitrogens with one attached hydrogen (secondary N) is 2. The Labute approximate surface area is 126 Å². The van der Waals surface area contributed by atoms with Crippen molar-refractivity contribution < 1.29 is 9.53 Å². The molecule has 1 saturated heterocycles. The van der Waals surface area contributed by atoms with Gasteiger partial charge in [0.25, 0.3) is 5.91 Å². The molecule has 0 aromatic heterocycles. The summed E-state index contributed by atoms with van der Waals surface area (Å²) in [6.07, 6.45) is 0.972. The van der Waals surface area contributed by atoms with Crippen LogP contribution >= 0.6 is 0 Å². The van der Waals surface area contributed by atoms with Gasteiger partial charge in [0, 0.05) is 37.9 Å². The number of ether oxygens (including phenoxy) is 1. The molecule has 116 valence electrons. The average Bonchev–Trinajstić information content (AvgIpc) is 2.52. The van der Waals surface area contributed by atoms with E-state index in [1.807, 2.05) is 32.2 Å². The number of hydrogen-bond donors (Lipinski definition) is 2. The molecule has 1 heterocycles. The predicted octanol–water partition coefficient (Wildman–Crippen LogP) is 1.49. The molecule has 0 radical (unpaired) electrons. The summed E-state index contributed by atoms with van der Waals surface area (Å²) in [5.41, 5.74) is 2.77. The first-order chi connectivity index (χ1) is 10.2. The van der Waals surface area contributed by atoms with Gasteiger partial charge in [0.15, 0.2) is 0 Å². The first-order valence-electron chi connectivity index (χ1n) is 7.57.